The molecule has 4 heteroatoms. The Morgan fingerprint density at radius 2 is 2.62 bits per heavy atom. The van der Waals surface area contributed by atoms with Gasteiger partial charge in [-0.1, -0.05) is 5.21 Å². The Hall–Kier alpha value is -0.510. The number of aromatic nitrogens is 3. The Kier molecular flexibility index (Phi) is 1.53. The van der Waals surface area contributed by atoms with Gasteiger partial charge in [-0.25, -0.2) is 4.68 Å². The molecular weight excluding hydrogens is 122 g/mol. The molecule has 1 heterocycles. The quantitative estimate of drug-likeness (QED) is 0.559. The molecule has 1 aromatic rings. The first-order chi connectivity index (χ1) is 3.83. The largest absolute Gasteiger partial charge is 0.243 e. The first kappa shape index (κ1) is 5.62. The fourth-order valence-electron chi connectivity index (χ4n) is 0.464. The van der Waals surface area contributed by atoms with E-state index in [9.17, 15) is 0 Å². The Bertz CT molecular complexity index is 172. The third-order valence-electron chi connectivity index (χ3n) is 0.798. The fourth-order valence-corrected chi connectivity index (χ4v) is 0.603. The average molecular weight is 129 g/mol. The van der Waals surface area contributed by atoms with Crippen LogP contribution in [0, 0.1) is 6.92 Å². The Labute approximate surface area is 53.1 Å². The summed E-state index contributed by atoms with van der Waals surface area (Å²) < 4.78 is 1.67. The number of nitrogens with zero attached hydrogens (tertiary/aromatic N) is 3. The van der Waals surface area contributed by atoms with Gasteiger partial charge in [-0.3, -0.25) is 0 Å². The van der Waals surface area contributed by atoms with Gasteiger partial charge in [0.2, 0.25) is 0 Å². The van der Waals surface area contributed by atoms with Crippen molar-refractivity contribution in [1.82, 2.24) is 15.0 Å². The van der Waals surface area contributed by atoms with E-state index in [0.717, 1.165) is 5.69 Å². The number of rotatable bonds is 1. The summed E-state index contributed by atoms with van der Waals surface area (Å²) in [5.41, 5.74) is 0.930. The fraction of sp³-hybridized carbons (Fsp3) is 0.500. The summed E-state index contributed by atoms with van der Waals surface area (Å²) in [6.07, 6.45) is 1.84. The topological polar surface area (TPSA) is 30.7 Å². The van der Waals surface area contributed by atoms with Crippen molar-refractivity contribution >= 4 is 12.6 Å². The van der Waals surface area contributed by atoms with Gasteiger partial charge in [0.05, 0.1) is 11.6 Å². The second-order valence-electron chi connectivity index (χ2n) is 1.54. The minimum Gasteiger partial charge on any atom is -0.243 e. The molecule has 0 bridgehead atoms. The maximum absolute atomic E-state index is 3.98. The van der Waals surface area contributed by atoms with Gasteiger partial charge < -0.3 is 0 Å². The predicted octanol–water partition coefficient (Wildman–Crippen LogP) is 0.474. The van der Waals surface area contributed by atoms with Crippen LogP contribution in [0.2, 0.25) is 0 Å². The van der Waals surface area contributed by atoms with Crippen LogP contribution in [0.1, 0.15) is 5.69 Å². The zero-order valence-electron chi connectivity index (χ0n) is 4.57. The van der Waals surface area contributed by atoms with Gasteiger partial charge in [-0.2, -0.15) is 12.6 Å². The van der Waals surface area contributed by atoms with Crippen LogP contribution in [0.15, 0.2) is 6.20 Å². The molecule has 0 spiro atoms. The first-order valence-electron chi connectivity index (χ1n) is 2.30. The Morgan fingerprint density at radius 1 is 1.88 bits per heavy atom. The highest BCUT2D eigenvalue weighted by Crippen LogP contribution is 1.89. The van der Waals surface area contributed by atoms with Gasteiger partial charge in [-0.05, 0) is 6.92 Å². The van der Waals surface area contributed by atoms with Crippen LogP contribution in [-0.4, -0.2) is 15.0 Å². The van der Waals surface area contributed by atoms with E-state index in [-0.39, 0.29) is 0 Å². The summed E-state index contributed by atoms with van der Waals surface area (Å²) in [5.74, 6) is 0.598. The van der Waals surface area contributed by atoms with E-state index in [2.05, 4.69) is 22.9 Å². The van der Waals surface area contributed by atoms with Gasteiger partial charge in [0.25, 0.3) is 0 Å². The highest BCUT2D eigenvalue weighted by molar-refractivity contribution is 7.79. The minimum absolute atomic E-state index is 0.598. The van der Waals surface area contributed by atoms with Crippen molar-refractivity contribution in [2.45, 2.75) is 12.8 Å². The lowest BCUT2D eigenvalue weighted by molar-refractivity contribution is 0.703. The molecule has 0 unspecified atom stereocenters. The van der Waals surface area contributed by atoms with Crippen LogP contribution >= 0.6 is 12.6 Å². The number of thiol groups is 1. The summed E-state index contributed by atoms with van der Waals surface area (Å²) in [6.45, 7) is 1.90. The molecule has 44 valence electrons. The van der Waals surface area contributed by atoms with Gasteiger partial charge in [0.15, 0.2) is 0 Å². The molecule has 0 atom stereocenters. The van der Waals surface area contributed by atoms with Crippen molar-refractivity contribution in [1.29, 1.82) is 0 Å². The van der Waals surface area contributed by atoms with E-state index in [1.807, 2.05) is 13.1 Å². The molecule has 8 heavy (non-hydrogen) atoms. The maximum Gasteiger partial charge on any atom is 0.0852 e. The predicted molar refractivity (Wildman–Crippen MR) is 33.7 cm³/mol. The highest BCUT2D eigenvalue weighted by Gasteiger charge is 1.88. The Morgan fingerprint density at radius 3 is 2.88 bits per heavy atom. The molecule has 0 aliphatic heterocycles. The van der Waals surface area contributed by atoms with E-state index in [0.29, 0.717) is 5.88 Å². The van der Waals surface area contributed by atoms with E-state index in [4.69, 9.17) is 0 Å². The number of hydrogen-bond donors (Lipinski definition) is 1. The monoisotopic (exact) mass is 129 g/mol. The SMILES string of the molecule is Cc1cn(CS)nn1. The molecule has 1 rings (SSSR count). The lowest BCUT2D eigenvalue weighted by Gasteiger charge is -1.85. The van der Waals surface area contributed by atoms with E-state index < -0.39 is 0 Å². The average Bonchev–Trinajstić information content (AvgIpc) is 2.14. The highest BCUT2D eigenvalue weighted by atomic mass is 32.1. The molecule has 0 N–H and O–H groups in total. The van der Waals surface area contributed by atoms with Crippen LogP contribution in [0.4, 0.5) is 0 Å². The van der Waals surface area contributed by atoms with Crippen LogP contribution in [0.5, 0.6) is 0 Å². The molecule has 1 aromatic heterocycles. The minimum atomic E-state index is 0.598. The van der Waals surface area contributed by atoms with Crippen LogP contribution in [-0.2, 0) is 5.88 Å². The molecule has 0 radical (unpaired) electrons. The van der Waals surface area contributed by atoms with Crippen molar-refractivity contribution in [2.24, 2.45) is 0 Å². The van der Waals surface area contributed by atoms with Gasteiger partial charge in [0, 0.05) is 6.20 Å². The van der Waals surface area contributed by atoms with Crippen LogP contribution in [0.25, 0.3) is 0 Å². The zero-order chi connectivity index (χ0) is 5.98. The summed E-state index contributed by atoms with van der Waals surface area (Å²) in [6, 6.07) is 0. The Balaban J connectivity index is 2.84. The van der Waals surface area contributed by atoms with Crippen molar-refractivity contribution in [3.8, 4) is 0 Å². The van der Waals surface area contributed by atoms with Crippen molar-refractivity contribution < 1.29 is 0 Å². The van der Waals surface area contributed by atoms with Gasteiger partial charge in [-0.15, -0.1) is 5.10 Å². The number of hydrogen-bond acceptors (Lipinski definition) is 3. The molecule has 0 saturated heterocycles. The molecule has 0 amide bonds. The van der Waals surface area contributed by atoms with Crippen LogP contribution < -0.4 is 0 Å². The summed E-state index contributed by atoms with van der Waals surface area (Å²) >= 11 is 3.98. The molecular formula is C4H7N3S. The third-order valence-corrected chi connectivity index (χ3v) is 1.09. The number of aryl methyl sites for hydroxylation is 1. The molecule has 0 aliphatic carbocycles. The zero-order valence-corrected chi connectivity index (χ0v) is 5.47. The van der Waals surface area contributed by atoms with Crippen molar-refractivity contribution in [3.63, 3.8) is 0 Å². The molecule has 0 saturated carbocycles. The second kappa shape index (κ2) is 2.17. The maximum atomic E-state index is 3.98. The summed E-state index contributed by atoms with van der Waals surface area (Å²) in [7, 11) is 0. The normalized spacial score (nSPS) is 9.75. The van der Waals surface area contributed by atoms with Gasteiger partial charge in [0.1, 0.15) is 0 Å². The molecule has 0 aliphatic rings. The van der Waals surface area contributed by atoms with E-state index >= 15 is 0 Å². The molecule has 0 aromatic carbocycles. The standard InChI is InChI=1S/C4H7N3S/c1-4-2-7(3-8)6-5-4/h2,8H,3H2,1H3. The van der Waals surface area contributed by atoms with Crippen LogP contribution in [0.3, 0.4) is 0 Å². The molecule has 3 nitrogen and oxygen atoms in total. The van der Waals surface area contributed by atoms with Crippen molar-refractivity contribution in [2.75, 3.05) is 0 Å². The second-order valence-corrected chi connectivity index (χ2v) is 1.82. The summed E-state index contributed by atoms with van der Waals surface area (Å²) in [5, 5.41) is 7.48. The summed E-state index contributed by atoms with van der Waals surface area (Å²) in [4.78, 5) is 0. The lowest BCUT2D eigenvalue weighted by Crippen LogP contribution is -1.91. The van der Waals surface area contributed by atoms with E-state index in [1.54, 1.807) is 4.68 Å². The smallest absolute Gasteiger partial charge is 0.0852 e. The van der Waals surface area contributed by atoms with E-state index in [1.165, 1.54) is 0 Å². The lowest BCUT2D eigenvalue weighted by atomic mass is 10.6. The van der Waals surface area contributed by atoms with Crippen molar-refractivity contribution in [3.05, 3.63) is 11.9 Å². The first-order valence-corrected chi connectivity index (χ1v) is 2.94. The third kappa shape index (κ3) is 1.01. The molecule has 0 fully saturated rings. The van der Waals surface area contributed by atoms with Gasteiger partial charge >= 0.3 is 0 Å².